The third-order valence-electron chi connectivity index (χ3n) is 2.82. The molecule has 2 amide bonds. The number of ether oxygens (including phenoxy) is 2. The summed E-state index contributed by atoms with van der Waals surface area (Å²) in [6.45, 7) is 0.0226. The summed E-state index contributed by atoms with van der Waals surface area (Å²) in [6.07, 6.45) is 0.922. The fraction of sp³-hybridized carbons (Fsp3) is 0.400. The minimum atomic E-state index is -1.74. The van der Waals surface area contributed by atoms with Crippen molar-refractivity contribution >= 4 is 23.8 Å². The van der Waals surface area contributed by atoms with E-state index < -0.39 is 29.2 Å². The van der Waals surface area contributed by atoms with Crippen molar-refractivity contribution in [2.75, 3.05) is 13.7 Å². The zero-order chi connectivity index (χ0) is 12.6. The Morgan fingerprint density at radius 3 is 2.71 bits per heavy atom. The Kier molecular flexibility index (Phi) is 2.45. The van der Waals surface area contributed by atoms with Crippen LogP contribution in [0.1, 0.15) is 6.42 Å². The summed E-state index contributed by atoms with van der Waals surface area (Å²) in [5, 5.41) is 1.99. The summed E-state index contributed by atoms with van der Waals surface area (Å²) in [5.41, 5.74) is -2.00. The number of rotatable bonds is 1. The van der Waals surface area contributed by atoms with Gasteiger partial charge in [0, 0.05) is 12.5 Å². The van der Waals surface area contributed by atoms with Crippen LogP contribution in [0.5, 0.6) is 0 Å². The number of carbonyl (C=O) groups is 4. The minimum absolute atomic E-state index is 0.0197. The van der Waals surface area contributed by atoms with Crippen molar-refractivity contribution in [2.24, 2.45) is 5.41 Å². The van der Waals surface area contributed by atoms with Crippen molar-refractivity contribution in [1.29, 1.82) is 0 Å². The van der Waals surface area contributed by atoms with Gasteiger partial charge in [-0.3, -0.25) is 19.7 Å². The highest BCUT2D eigenvalue weighted by Crippen LogP contribution is 2.40. The van der Waals surface area contributed by atoms with Crippen LogP contribution >= 0.6 is 0 Å². The molecular formula is C10H9NO6. The van der Waals surface area contributed by atoms with Crippen molar-refractivity contribution in [3.63, 3.8) is 0 Å². The maximum atomic E-state index is 11.8. The molecule has 2 aliphatic rings. The lowest BCUT2D eigenvalue weighted by Gasteiger charge is -2.27. The van der Waals surface area contributed by atoms with E-state index in [0.717, 1.165) is 13.2 Å². The van der Waals surface area contributed by atoms with E-state index in [0.29, 0.717) is 0 Å². The van der Waals surface area contributed by atoms with Gasteiger partial charge in [0.05, 0.1) is 19.3 Å². The van der Waals surface area contributed by atoms with Crippen molar-refractivity contribution in [3.8, 4) is 0 Å². The SMILES string of the molecule is COC(=O)C1=CC(=O)NC(=O)C12CCOC2=O. The van der Waals surface area contributed by atoms with Gasteiger partial charge in [-0.05, 0) is 0 Å². The molecule has 0 radical (unpaired) electrons. The largest absolute Gasteiger partial charge is 0.466 e. The third kappa shape index (κ3) is 1.42. The van der Waals surface area contributed by atoms with Crippen LogP contribution in [-0.2, 0) is 28.7 Å². The molecule has 1 unspecified atom stereocenters. The molecule has 0 aromatic heterocycles. The number of cyclic esters (lactones) is 1. The molecular weight excluding hydrogens is 230 g/mol. The van der Waals surface area contributed by atoms with Gasteiger partial charge in [-0.15, -0.1) is 0 Å². The molecule has 90 valence electrons. The molecule has 1 N–H and O–H groups in total. The Labute approximate surface area is 95.7 Å². The molecule has 7 nitrogen and oxygen atoms in total. The topological polar surface area (TPSA) is 98.8 Å². The van der Waals surface area contributed by atoms with Crippen LogP contribution in [0.4, 0.5) is 0 Å². The first-order valence-corrected chi connectivity index (χ1v) is 4.85. The highest BCUT2D eigenvalue weighted by atomic mass is 16.5. The quantitative estimate of drug-likeness (QED) is 0.346. The van der Waals surface area contributed by atoms with E-state index in [2.05, 4.69) is 4.74 Å². The van der Waals surface area contributed by atoms with Crippen LogP contribution < -0.4 is 5.32 Å². The minimum Gasteiger partial charge on any atom is -0.466 e. The van der Waals surface area contributed by atoms with Gasteiger partial charge in [-0.1, -0.05) is 0 Å². The smallest absolute Gasteiger partial charge is 0.335 e. The molecule has 7 heteroatoms. The summed E-state index contributed by atoms with van der Waals surface area (Å²) in [7, 11) is 1.11. The van der Waals surface area contributed by atoms with Crippen molar-refractivity contribution in [2.45, 2.75) is 6.42 Å². The normalized spacial score (nSPS) is 27.6. The van der Waals surface area contributed by atoms with Gasteiger partial charge in [-0.25, -0.2) is 4.79 Å². The zero-order valence-electron chi connectivity index (χ0n) is 8.94. The first-order valence-electron chi connectivity index (χ1n) is 4.85. The maximum absolute atomic E-state index is 11.8. The Hall–Kier alpha value is -2.18. The van der Waals surface area contributed by atoms with Crippen molar-refractivity contribution < 1.29 is 28.7 Å². The van der Waals surface area contributed by atoms with E-state index in [1.165, 1.54) is 0 Å². The summed E-state index contributed by atoms with van der Waals surface area (Å²) in [4.78, 5) is 46.2. The molecule has 1 atom stereocenters. The third-order valence-corrected chi connectivity index (χ3v) is 2.82. The monoisotopic (exact) mass is 239 g/mol. The molecule has 2 rings (SSSR count). The Morgan fingerprint density at radius 2 is 2.18 bits per heavy atom. The molecule has 2 heterocycles. The second kappa shape index (κ2) is 3.69. The first-order chi connectivity index (χ1) is 8.02. The van der Waals surface area contributed by atoms with E-state index in [4.69, 9.17) is 4.74 Å². The Bertz CT molecular complexity index is 465. The number of amides is 2. The van der Waals surface area contributed by atoms with Gasteiger partial charge >= 0.3 is 11.9 Å². The van der Waals surface area contributed by atoms with Gasteiger partial charge in [0.1, 0.15) is 0 Å². The average molecular weight is 239 g/mol. The first kappa shape index (κ1) is 11.3. The lowest BCUT2D eigenvalue weighted by atomic mass is 9.75. The zero-order valence-corrected chi connectivity index (χ0v) is 8.94. The second-order valence-electron chi connectivity index (χ2n) is 3.66. The van der Waals surface area contributed by atoms with Crippen molar-refractivity contribution in [1.82, 2.24) is 5.32 Å². The molecule has 1 fully saturated rings. The average Bonchev–Trinajstić information content (AvgIpc) is 2.66. The van der Waals surface area contributed by atoms with E-state index in [1.807, 2.05) is 5.32 Å². The van der Waals surface area contributed by atoms with Crippen LogP contribution in [0.15, 0.2) is 11.6 Å². The molecule has 0 saturated carbocycles. The summed E-state index contributed by atoms with van der Waals surface area (Å²) < 4.78 is 9.19. The number of hydrogen-bond acceptors (Lipinski definition) is 6. The lowest BCUT2D eigenvalue weighted by Crippen LogP contribution is -2.52. The van der Waals surface area contributed by atoms with Crippen LogP contribution in [0.2, 0.25) is 0 Å². The summed E-state index contributed by atoms with van der Waals surface area (Å²) in [6, 6.07) is 0. The predicted octanol–water partition coefficient (Wildman–Crippen LogP) is -1.32. The summed E-state index contributed by atoms with van der Waals surface area (Å²) >= 11 is 0. The molecule has 2 aliphatic heterocycles. The Morgan fingerprint density at radius 1 is 1.47 bits per heavy atom. The van der Waals surface area contributed by atoms with Crippen LogP contribution in [0.25, 0.3) is 0 Å². The van der Waals surface area contributed by atoms with Crippen LogP contribution in [-0.4, -0.2) is 37.5 Å². The van der Waals surface area contributed by atoms with Crippen LogP contribution in [0, 0.1) is 5.41 Å². The molecule has 0 aliphatic carbocycles. The van der Waals surface area contributed by atoms with Crippen LogP contribution in [0.3, 0.4) is 0 Å². The standard InChI is InChI=1S/C10H9NO6/c1-16-7(13)5-4-6(12)11-8(14)10(5)2-3-17-9(10)15/h4H,2-3H2,1H3,(H,11,12,14). The van der Waals surface area contributed by atoms with Gasteiger partial charge in [0.25, 0.3) is 5.91 Å². The van der Waals surface area contributed by atoms with E-state index in [9.17, 15) is 19.2 Å². The number of imide groups is 1. The molecule has 0 bridgehead atoms. The van der Waals surface area contributed by atoms with Gasteiger partial charge in [0.15, 0.2) is 5.41 Å². The second-order valence-corrected chi connectivity index (χ2v) is 3.66. The highest BCUT2D eigenvalue weighted by Gasteiger charge is 2.58. The highest BCUT2D eigenvalue weighted by molar-refractivity contribution is 6.22. The van der Waals surface area contributed by atoms with Gasteiger partial charge in [-0.2, -0.15) is 0 Å². The lowest BCUT2D eigenvalue weighted by molar-refractivity contribution is -0.154. The van der Waals surface area contributed by atoms with E-state index >= 15 is 0 Å². The fourth-order valence-electron chi connectivity index (χ4n) is 1.95. The number of nitrogens with one attached hydrogen (secondary N) is 1. The maximum Gasteiger partial charge on any atom is 0.335 e. The number of hydrogen-bond donors (Lipinski definition) is 1. The molecule has 17 heavy (non-hydrogen) atoms. The van der Waals surface area contributed by atoms with E-state index in [-0.39, 0.29) is 18.6 Å². The number of carbonyl (C=O) groups excluding carboxylic acids is 4. The van der Waals surface area contributed by atoms with E-state index in [1.54, 1.807) is 0 Å². The fourth-order valence-corrected chi connectivity index (χ4v) is 1.95. The molecule has 1 spiro atoms. The van der Waals surface area contributed by atoms with Gasteiger partial charge < -0.3 is 9.47 Å². The number of methoxy groups -OCH3 is 1. The number of esters is 2. The van der Waals surface area contributed by atoms with Gasteiger partial charge in [0.2, 0.25) is 5.91 Å². The molecule has 0 aromatic carbocycles. The molecule has 1 saturated heterocycles. The molecule has 0 aromatic rings. The Balaban J connectivity index is 2.57. The summed E-state index contributed by atoms with van der Waals surface area (Å²) in [5.74, 6) is -3.31. The predicted molar refractivity (Wildman–Crippen MR) is 51.3 cm³/mol. The van der Waals surface area contributed by atoms with Crippen molar-refractivity contribution in [3.05, 3.63) is 11.6 Å².